The molecule has 0 radical (unpaired) electrons. The average Bonchev–Trinajstić information content (AvgIpc) is 2.01. The van der Waals surface area contributed by atoms with Gasteiger partial charge in [-0.05, 0) is 32.6 Å². The molecule has 1 saturated heterocycles. The van der Waals surface area contributed by atoms with Crippen molar-refractivity contribution in [2.24, 2.45) is 5.92 Å². The molecule has 2 aliphatic rings. The van der Waals surface area contributed by atoms with Crippen molar-refractivity contribution in [3.63, 3.8) is 0 Å². The van der Waals surface area contributed by atoms with Crippen LogP contribution >= 0.6 is 0 Å². The van der Waals surface area contributed by atoms with Gasteiger partial charge in [-0.1, -0.05) is 6.42 Å². The number of hydrogen-bond acceptors (Lipinski definition) is 2. The SMILES string of the molecule is CC1CNCCN1C(C)C1CCC1. The summed E-state index contributed by atoms with van der Waals surface area (Å²) < 4.78 is 0. The summed E-state index contributed by atoms with van der Waals surface area (Å²) >= 11 is 0. The van der Waals surface area contributed by atoms with Gasteiger partial charge in [-0.25, -0.2) is 0 Å². The maximum Gasteiger partial charge on any atom is 0.0195 e. The molecule has 1 aliphatic carbocycles. The van der Waals surface area contributed by atoms with E-state index < -0.39 is 0 Å². The van der Waals surface area contributed by atoms with Gasteiger partial charge in [0.25, 0.3) is 0 Å². The molecular weight excluding hydrogens is 160 g/mol. The van der Waals surface area contributed by atoms with Gasteiger partial charge in [0.05, 0.1) is 0 Å². The predicted molar refractivity (Wildman–Crippen MR) is 55.8 cm³/mol. The van der Waals surface area contributed by atoms with Gasteiger partial charge in [-0.15, -0.1) is 0 Å². The quantitative estimate of drug-likeness (QED) is 0.695. The molecule has 0 spiro atoms. The monoisotopic (exact) mass is 182 g/mol. The molecule has 0 aromatic heterocycles. The molecule has 76 valence electrons. The van der Waals surface area contributed by atoms with Crippen LogP contribution in [0.1, 0.15) is 33.1 Å². The fraction of sp³-hybridized carbons (Fsp3) is 1.00. The van der Waals surface area contributed by atoms with Crippen molar-refractivity contribution < 1.29 is 0 Å². The van der Waals surface area contributed by atoms with Crippen molar-refractivity contribution in [1.82, 2.24) is 10.2 Å². The molecule has 2 atom stereocenters. The van der Waals surface area contributed by atoms with E-state index in [-0.39, 0.29) is 0 Å². The second-order valence-corrected chi connectivity index (χ2v) is 4.72. The van der Waals surface area contributed by atoms with E-state index in [0.29, 0.717) is 0 Å². The van der Waals surface area contributed by atoms with Gasteiger partial charge in [-0.3, -0.25) is 4.90 Å². The highest BCUT2D eigenvalue weighted by molar-refractivity contribution is 4.87. The molecule has 2 heteroatoms. The Kier molecular flexibility index (Phi) is 2.89. The summed E-state index contributed by atoms with van der Waals surface area (Å²) in [4.78, 5) is 2.69. The predicted octanol–water partition coefficient (Wildman–Crippen LogP) is 1.47. The van der Waals surface area contributed by atoms with E-state index in [9.17, 15) is 0 Å². The first-order chi connectivity index (χ1) is 6.29. The third-order valence-corrected chi connectivity index (χ3v) is 3.91. The minimum atomic E-state index is 0.740. The van der Waals surface area contributed by atoms with E-state index in [0.717, 1.165) is 18.0 Å². The van der Waals surface area contributed by atoms with Gasteiger partial charge < -0.3 is 5.32 Å². The van der Waals surface area contributed by atoms with Crippen molar-refractivity contribution in [2.75, 3.05) is 19.6 Å². The zero-order valence-electron chi connectivity index (χ0n) is 8.92. The van der Waals surface area contributed by atoms with E-state index >= 15 is 0 Å². The van der Waals surface area contributed by atoms with Gasteiger partial charge in [-0.2, -0.15) is 0 Å². The largest absolute Gasteiger partial charge is 0.314 e. The van der Waals surface area contributed by atoms with Crippen LogP contribution in [0.25, 0.3) is 0 Å². The number of nitrogens with one attached hydrogen (secondary N) is 1. The molecule has 1 N–H and O–H groups in total. The zero-order chi connectivity index (χ0) is 9.26. The first-order valence-electron chi connectivity index (χ1n) is 5.75. The highest BCUT2D eigenvalue weighted by atomic mass is 15.2. The van der Waals surface area contributed by atoms with E-state index in [1.165, 1.54) is 38.9 Å². The molecule has 2 unspecified atom stereocenters. The fourth-order valence-corrected chi connectivity index (χ4v) is 2.65. The Bertz CT molecular complexity index is 165. The molecule has 1 saturated carbocycles. The lowest BCUT2D eigenvalue weighted by atomic mass is 9.79. The smallest absolute Gasteiger partial charge is 0.0195 e. The first-order valence-corrected chi connectivity index (χ1v) is 5.75. The molecule has 2 rings (SSSR count). The molecule has 13 heavy (non-hydrogen) atoms. The van der Waals surface area contributed by atoms with Gasteiger partial charge in [0.1, 0.15) is 0 Å². The zero-order valence-corrected chi connectivity index (χ0v) is 8.92. The number of nitrogens with zero attached hydrogens (tertiary/aromatic N) is 1. The molecule has 0 aromatic carbocycles. The Hall–Kier alpha value is -0.0800. The van der Waals surface area contributed by atoms with Crippen LogP contribution in [0.15, 0.2) is 0 Å². The van der Waals surface area contributed by atoms with Gasteiger partial charge >= 0.3 is 0 Å². The minimum absolute atomic E-state index is 0.740. The number of rotatable bonds is 2. The van der Waals surface area contributed by atoms with E-state index in [2.05, 4.69) is 24.1 Å². The second-order valence-electron chi connectivity index (χ2n) is 4.72. The highest BCUT2D eigenvalue weighted by Gasteiger charge is 2.31. The third kappa shape index (κ3) is 1.89. The van der Waals surface area contributed by atoms with Crippen molar-refractivity contribution in [3.05, 3.63) is 0 Å². The summed E-state index contributed by atoms with van der Waals surface area (Å²) in [6.07, 6.45) is 4.41. The summed E-state index contributed by atoms with van der Waals surface area (Å²) in [7, 11) is 0. The van der Waals surface area contributed by atoms with Crippen LogP contribution in [-0.4, -0.2) is 36.6 Å². The highest BCUT2D eigenvalue weighted by Crippen LogP contribution is 2.32. The topological polar surface area (TPSA) is 15.3 Å². The van der Waals surface area contributed by atoms with Crippen LogP contribution in [0, 0.1) is 5.92 Å². The molecule has 1 heterocycles. The Morgan fingerprint density at radius 1 is 1.38 bits per heavy atom. The van der Waals surface area contributed by atoms with Gasteiger partial charge in [0.2, 0.25) is 0 Å². The lowest BCUT2D eigenvalue weighted by Gasteiger charge is -2.44. The molecule has 2 fully saturated rings. The van der Waals surface area contributed by atoms with Gasteiger partial charge in [0.15, 0.2) is 0 Å². The maximum atomic E-state index is 3.45. The van der Waals surface area contributed by atoms with Crippen LogP contribution in [-0.2, 0) is 0 Å². The van der Waals surface area contributed by atoms with Crippen LogP contribution in [0.4, 0.5) is 0 Å². The lowest BCUT2D eigenvalue weighted by Crippen LogP contribution is -2.55. The summed E-state index contributed by atoms with van der Waals surface area (Å²) in [5.74, 6) is 1.00. The molecular formula is C11H22N2. The first kappa shape index (κ1) is 9.47. The molecule has 1 aliphatic heterocycles. The summed E-state index contributed by atoms with van der Waals surface area (Å²) in [6, 6.07) is 1.56. The normalized spacial score (nSPS) is 34.2. The standard InChI is InChI=1S/C11H22N2/c1-9-8-12-6-7-13(9)10(2)11-4-3-5-11/h9-12H,3-8H2,1-2H3. The van der Waals surface area contributed by atoms with Crippen LogP contribution in [0.3, 0.4) is 0 Å². The average molecular weight is 182 g/mol. The Balaban J connectivity index is 1.88. The maximum absolute atomic E-state index is 3.45. The van der Waals surface area contributed by atoms with Crippen molar-refractivity contribution >= 4 is 0 Å². The van der Waals surface area contributed by atoms with E-state index in [1.807, 2.05) is 0 Å². The summed E-state index contributed by atoms with van der Waals surface area (Å²) in [6.45, 7) is 8.38. The van der Waals surface area contributed by atoms with E-state index in [1.54, 1.807) is 0 Å². The number of hydrogen-bond donors (Lipinski definition) is 1. The Labute approximate surface area is 81.7 Å². The Morgan fingerprint density at radius 3 is 2.69 bits per heavy atom. The van der Waals surface area contributed by atoms with Crippen molar-refractivity contribution in [3.8, 4) is 0 Å². The molecule has 0 bridgehead atoms. The summed E-state index contributed by atoms with van der Waals surface area (Å²) in [5.41, 5.74) is 0. The summed E-state index contributed by atoms with van der Waals surface area (Å²) in [5, 5.41) is 3.45. The van der Waals surface area contributed by atoms with Crippen LogP contribution in [0.5, 0.6) is 0 Å². The molecule has 2 nitrogen and oxygen atoms in total. The van der Waals surface area contributed by atoms with Gasteiger partial charge in [0, 0.05) is 31.7 Å². The second kappa shape index (κ2) is 3.97. The Morgan fingerprint density at radius 2 is 2.15 bits per heavy atom. The molecule has 0 amide bonds. The van der Waals surface area contributed by atoms with E-state index in [4.69, 9.17) is 0 Å². The molecule has 0 aromatic rings. The minimum Gasteiger partial charge on any atom is -0.314 e. The number of piperazine rings is 1. The fourth-order valence-electron chi connectivity index (χ4n) is 2.65. The van der Waals surface area contributed by atoms with Crippen molar-refractivity contribution in [2.45, 2.75) is 45.2 Å². The third-order valence-electron chi connectivity index (χ3n) is 3.91. The van der Waals surface area contributed by atoms with Crippen LogP contribution < -0.4 is 5.32 Å². The lowest BCUT2D eigenvalue weighted by molar-refractivity contribution is 0.0598. The van der Waals surface area contributed by atoms with Crippen LogP contribution in [0.2, 0.25) is 0 Å². The van der Waals surface area contributed by atoms with Crippen molar-refractivity contribution in [1.29, 1.82) is 0 Å².